The smallest absolute Gasteiger partial charge is 0.166 e. The summed E-state index contributed by atoms with van der Waals surface area (Å²) < 4.78 is 6.59. The molecule has 0 saturated heterocycles. The molecule has 2 rings (SSSR count). The lowest BCUT2D eigenvalue weighted by Gasteiger charge is -2.13. The molecule has 0 aliphatic heterocycles. The molecule has 17 heavy (non-hydrogen) atoms. The summed E-state index contributed by atoms with van der Waals surface area (Å²) in [6.45, 7) is 3.91. The van der Waals surface area contributed by atoms with Gasteiger partial charge in [-0.15, -0.1) is 11.3 Å². The number of pyridine rings is 1. The van der Waals surface area contributed by atoms with E-state index in [0.717, 1.165) is 15.2 Å². The number of anilines is 1. The molecule has 0 saturated carbocycles. The number of thiazole rings is 1. The standard InChI is InChI=1S/C11H12BrN3OS/c1-6(9-5-17-7(2)15-9)16-10-3-8(12)4-14-11(10)13/h3-6H,1-2H3,(H2,13,14). The van der Waals surface area contributed by atoms with Crippen molar-refractivity contribution in [3.05, 3.63) is 32.8 Å². The van der Waals surface area contributed by atoms with Crippen molar-refractivity contribution in [3.8, 4) is 5.75 Å². The molecule has 2 aromatic heterocycles. The lowest BCUT2D eigenvalue weighted by atomic mass is 10.3. The number of ether oxygens (including phenoxy) is 1. The van der Waals surface area contributed by atoms with E-state index < -0.39 is 0 Å². The molecular formula is C11H12BrN3OS. The Bertz CT molecular complexity index is 529. The molecule has 0 aromatic carbocycles. The first-order valence-electron chi connectivity index (χ1n) is 5.06. The van der Waals surface area contributed by atoms with Gasteiger partial charge < -0.3 is 10.5 Å². The zero-order valence-corrected chi connectivity index (χ0v) is 11.9. The van der Waals surface area contributed by atoms with Crippen LogP contribution < -0.4 is 10.5 Å². The van der Waals surface area contributed by atoms with Gasteiger partial charge in [-0.05, 0) is 35.8 Å². The van der Waals surface area contributed by atoms with Crippen LogP contribution in [0.1, 0.15) is 23.7 Å². The largest absolute Gasteiger partial charge is 0.480 e. The molecule has 2 aromatic rings. The monoisotopic (exact) mass is 313 g/mol. The minimum Gasteiger partial charge on any atom is -0.480 e. The van der Waals surface area contributed by atoms with E-state index in [4.69, 9.17) is 10.5 Å². The van der Waals surface area contributed by atoms with Crippen LogP contribution in [0.2, 0.25) is 0 Å². The molecule has 0 spiro atoms. The van der Waals surface area contributed by atoms with Crippen LogP contribution in [0.15, 0.2) is 22.1 Å². The van der Waals surface area contributed by atoms with Crippen molar-refractivity contribution in [2.24, 2.45) is 0 Å². The molecule has 6 heteroatoms. The van der Waals surface area contributed by atoms with Gasteiger partial charge >= 0.3 is 0 Å². The first-order chi connectivity index (χ1) is 8.06. The average molecular weight is 314 g/mol. The van der Waals surface area contributed by atoms with Gasteiger partial charge in [0.05, 0.1) is 10.7 Å². The zero-order chi connectivity index (χ0) is 12.4. The van der Waals surface area contributed by atoms with Crippen LogP contribution in [-0.4, -0.2) is 9.97 Å². The number of nitrogens with two attached hydrogens (primary N) is 1. The van der Waals surface area contributed by atoms with Crippen LogP contribution in [0.4, 0.5) is 5.82 Å². The lowest BCUT2D eigenvalue weighted by Crippen LogP contribution is -2.06. The van der Waals surface area contributed by atoms with E-state index in [2.05, 4.69) is 25.9 Å². The van der Waals surface area contributed by atoms with E-state index in [1.807, 2.05) is 19.2 Å². The number of aromatic nitrogens is 2. The highest BCUT2D eigenvalue weighted by Crippen LogP contribution is 2.28. The third-order valence-electron chi connectivity index (χ3n) is 2.21. The molecule has 1 unspecified atom stereocenters. The predicted molar refractivity (Wildman–Crippen MR) is 72.2 cm³/mol. The van der Waals surface area contributed by atoms with Crippen molar-refractivity contribution in [3.63, 3.8) is 0 Å². The van der Waals surface area contributed by atoms with E-state index >= 15 is 0 Å². The lowest BCUT2D eigenvalue weighted by molar-refractivity contribution is 0.223. The molecule has 0 aliphatic rings. The molecule has 0 bridgehead atoms. The van der Waals surface area contributed by atoms with Crippen LogP contribution >= 0.6 is 27.3 Å². The Balaban J connectivity index is 2.18. The highest BCUT2D eigenvalue weighted by atomic mass is 79.9. The maximum Gasteiger partial charge on any atom is 0.166 e. The van der Waals surface area contributed by atoms with Crippen molar-refractivity contribution < 1.29 is 4.74 Å². The number of halogens is 1. The summed E-state index contributed by atoms with van der Waals surface area (Å²) in [6, 6.07) is 1.80. The van der Waals surface area contributed by atoms with Crippen molar-refractivity contribution in [1.29, 1.82) is 0 Å². The van der Waals surface area contributed by atoms with E-state index in [-0.39, 0.29) is 6.10 Å². The van der Waals surface area contributed by atoms with Crippen molar-refractivity contribution in [2.75, 3.05) is 5.73 Å². The van der Waals surface area contributed by atoms with Gasteiger partial charge in [0.2, 0.25) is 0 Å². The maximum atomic E-state index is 5.75. The third kappa shape index (κ3) is 2.95. The number of hydrogen-bond acceptors (Lipinski definition) is 5. The maximum absolute atomic E-state index is 5.75. The van der Waals surface area contributed by atoms with Crippen molar-refractivity contribution >= 4 is 33.1 Å². The van der Waals surface area contributed by atoms with Gasteiger partial charge in [0.15, 0.2) is 11.6 Å². The molecule has 4 nitrogen and oxygen atoms in total. The summed E-state index contributed by atoms with van der Waals surface area (Å²) >= 11 is 4.94. The summed E-state index contributed by atoms with van der Waals surface area (Å²) in [7, 11) is 0. The first-order valence-corrected chi connectivity index (χ1v) is 6.73. The van der Waals surface area contributed by atoms with Crippen LogP contribution in [0, 0.1) is 6.92 Å². The Morgan fingerprint density at radius 1 is 1.53 bits per heavy atom. The molecule has 0 aliphatic carbocycles. The average Bonchev–Trinajstić information content (AvgIpc) is 2.70. The van der Waals surface area contributed by atoms with Gasteiger partial charge in [0.1, 0.15) is 6.10 Å². The molecule has 0 amide bonds. The second-order valence-corrected chi connectivity index (χ2v) is 5.57. The van der Waals surface area contributed by atoms with Gasteiger partial charge in [-0.25, -0.2) is 9.97 Å². The number of nitrogens with zero attached hydrogens (tertiary/aromatic N) is 2. The Morgan fingerprint density at radius 2 is 2.29 bits per heavy atom. The van der Waals surface area contributed by atoms with Crippen LogP contribution in [0.25, 0.3) is 0 Å². The van der Waals surface area contributed by atoms with E-state index in [1.165, 1.54) is 0 Å². The van der Waals surface area contributed by atoms with Crippen molar-refractivity contribution in [2.45, 2.75) is 20.0 Å². The number of nitrogen functional groups attached to an aromatic ring is 1. The number of hydrogen-bond donors (Lipinski definition) is 1. The highest BCUT2D eigenvalue weighted by Gasteiger charge is 2.13. The van der Waals surface area contributed by atoms with E-state index in [9.17, 15) is 0 Å². The summed E-state index contributed by atoms with van der Waals surface area (Å²) in [4.78, 5) is 8.40. The van der Waals surface area contributed by atoms with Gasteiger partial charge in [-0.2, -0.15) is 0 Å². The minimum absolute atomic E-state index is 0.140. The Labute approximate surface area is 112 Å². The SMILES string of the molecule is Cc1nc(C(C)Oc2cc(Br)cnc2N)cs1. The van der Waals surface area contributed by atoms with Gasteiger partial charge in [-0.3, -0.25) is 0 Å². The zero-order valence-electron chi connectivity index (χ0n) is 9.48. The second-order valence-electron chi connectivity index (χ2n) is 3.59. The van der Waals surface area contributed by atoms with Gasteiger partial charge in [0.25, 0.3) is 0 Å². The molecular weight excluding hydrogens is 302 g/mol. The van der Waals surface area contributed by atoms with Gasteiger partial charge in [0, 0.05) is 16.0 Å². The minimum atomic E-state index is -0.140. The van der Waals surface area contributed by atoms with E-state index in [1.54, 1.807) is 23.6 Å². The summed E-state index contributed by atoms with van der Waals surface area (Å²) in [5, 5.41) is 3.01. The Hall–Kier alpha value is -1.14. The van der Waals surface area contributed by atoms with Crippen molar-refractivity contribution in [1.82, 2.24) is 9.97 Å². The second kappa shape index (κ2) is 5.01. The normalized spacial score (nSPS) is 12.4. The highest BCUT2D eigenvalue weighted by molar-refractivity contribution is 9.10. The third-order valence-corrected chi connectivity index (χ3v) is 3.43. The number of aryl methyl sites for hydroxylation is 1. The fourth-order valence-electron chi connectivity index (χ4n) is 1.34. The number of rotatable bonds is 3. The van der Waals surface area contributed by atoms with Gasteiger partial charge in [-0.1, -0.05) is 0 Å². The Kier molecular flexibility index (Phi) is 3.63. The topological polar surface area (TPSA) is 61.0 Å². The molecule has 0 radical (unpaired) electrons. The van der Waals surface area contributed by atoms with Crippen LogP contribution in [0.3, 0.4) is 0 Å². The van der Waals surface area contributed by atoms with Crippen LogP contribution in [-0.2, 0) is 0 Å². The summed E-state index contributed by atoms with van der Waals surface area (Å²) in [5.41, 5.74) is 6.66. The first kappa shape index (κ1) is 12.3. The van der Waals surface area contributed by atoms with E-state index in [0.29, 0.717) is 11.6 Å². The molecule has 90 valence electrons. The molecule has 2 N–H and O–H groups in total. The summed E-state index contributed by atoms with van der Waals surface area (Å²) in [6.07, 6.45) is 1.50. The fourth-order valence-corrected chi connectivity index (χ4v) is 2.35. The molecule has 2 heterocycles. The summed E-state index contributed by atoms with van der Waals surface area (Å²) in [5.74, 6) is 0.949. The molecule has 1 atom stereocenters. The van der Waals surface area contributed by atoms with Crippen LogP contribution in [0.5, 0.6) is 5.75 Å². The fraction of sp³-hybridized carbons (Fsp3) is 0.273. The molecule has 0 fully saturated rings. The quantitative estimate of drug-likeness (QED) is 0.944. The predicted octanol–water partition coefficient (Wildman–Crippen LogP) is 3.33. The Morgan fingerprint density at radius 3 is 2.94 bits per heavy atom.